The van der Waals surface area contributed by atoms with E-state index in [1.54, 1.807) is 38.1 Å². The Morgan fingerprint density at radius 3 is 2.07 bits per heavy atom. The molecular weight excluding hydrogens is 344 g/mol. The van der Waals surface area contributed by atoms with Crippen LogP contribution in [0.4, 0.5) is 0 Å². The van der Waals surface area contributed by atoms with Crippen molar-refractivity contribution in [1.29, 1.82) is 0 Å². The van der Waals surface area contributed by atoms with E-state index < -0.39 is 5.97 Å². The van der Waals surface area contributed by atoms with Gasteiger partial charge < -0.3 is 13.9 Å². The maximum absolute atomic E-state index is 12.4. The Labute approximate surface area is 157 Å². The quantitative estimate of drug-likeness (QED) is 0.578. The Morgan fingerprint density at radius 1 is 0.815 bits per heavy atom. The highest BCUT2D eigenvalue weighted by atomic mass is 16.5. The molecule has 3 rings (SSSR count). The molecule has 5 heteroatoms. The van der Waals surface area contributed by atoms with Crippen molar-refractivity contribution in [2.24, 2.45) is 0 Å². The number of furan rings is 1. The Morgan fingerprint density at radius 2 is 1.44 bits per heavy atom. The Kier molecular flexibility index (Phi) is 5.71. The van der Waals surface area contributed by atoms with Crippen molar-refractivity contribution in [2.45, 2.75) is 13.8 Å². The third-order valence-electron chi connectivity index (χ3n) is 4.01. The van der Waals surface area contributed by atoms with Crippen LogP contribution in [-0.2, 0) is 9.47 Å². The average Bonchev–Trinajstić information content (AvgIpc) is 3.14. The van der Waals surface area contributed by atoms with Crippen LogP contribution in [0.25, 0.3) is 22.5 Å². The fourth-order valence-electron chi connectivity index (χ4n) is 2.79. The zero-order valence-corrected chi connectivity index (χ0v) is 15.2. The lowest BCUT2D eigenvalue weighted by molar-refractivity contribution is 0.0516. The molecule has 0 unspecified atom stereocenters. The van der Waals surface area contributed by atoms with E-state index in [9.17, 15) is 9.59 Å². The number of carbonyl (C=O) groups excluding carboxylic acids is 2. The molecule has 0 aliphatic carbocycles. The van der Waals surface area contributed by atoms with Gasteiger partial charge in [-0.25, -0.2) is 9.59 Å². The molecule has 0 amide bonds. The van der Waals surface area contributed by atoms with Crippen LogP contribution in [0.1, 0.15) is 34.6 Å². The Balaban J connectivity index is 2.08. The fraction of sp³-hybridized carbons (Fsp3) is 0.182. The Hall–Kier alpha value is -3.34. The number of ether oxygens (including phenoxy) is 2. The van der Waals surface area contributed by atoms with Gasteiger partial charge >= 0.3 is 11.9 Å². The monoisotopic (exact) mass is 364 g/mol. The van der Waals surface area contributed by atoms with Crippen LogP contribution in [0.3, 0.4) is 0 Å². The predicted molar refractivity (Wildman–Crippen MR) is 101 cm³/mol. The van der Waals surface area contributed by atoms with Gasteiger partial charge in [0.25, 0.3) is 0 Å². The number of hydrogen-bond acceptors (Lipinski definition) is 5. The van der Waals surface area contributed by atoms with Crippen LogP contribution in [0.5, 0.6) is 0 Å². The first-order valence-corrected chi connectivity index (χ1v) is 8.77. The summed E-state index contributed by atoms with van der Waals surface area (Å²) in [5, 5.41) is 0. The van der Waals surface area contributed by atoms with Crippen molar-refractivity contribution < 1.29 is 23.5 Å². The van der Waals surface area contributed by atoms with Gasteiger partial charge in [-0.3, -0.25) is 0 Å². The lowest BCUT2D eigenvalue weighted by Crippen LogP contribution is -2.06. The predicted octanol–water partition coefficient (Wildman–Crippen LogP) is 4.97. The molecule has 0 saturated carbocycles. The largest absolute Gasteiger partial charge is 0.463 e. The van der Waals surface area contributed by atoms with Gasteiger partial charge in [-0.05, 0) is 31.5 Å². The Bertz CT molecular complexity index is 923. The zero-order chi connectivity index (χ0) is 19.2. The van der Waals surface area contributed by atoms with Gasteiger partial charge in [-0.2, -0.15) is 0 Å². The molecule has 0 aliphatic rings. The molecule has 3 aromatic rings. The van der Waals surface area contributed by atoms with Crippen molar-refractivity contribution in [2.75, 3.05) is 13.2 Å². The SMILES string of the molecule is CCOC(=O)c1ccc(-c2c(C(=O)OCC)coc2-c2ccccc2)cc1. The average molecular weight is 364 g/mol. The molecule has 0 bridgehead atoms. The molecule has 0 radical (unpaired) electrons. The summed E-state index contributed by atoms with van der Waals surface area (Å²) in [5.74, 6) is -0.263. The highest BCUT2D eigenvalue weighted by molar-refractivity contribution is 6.01. The molecule has 0 N–H and O–H groups in total. The standard InChI is InChI=1S/C22H20O5/c1-3-25-21(23)17-12-10-15(11-13-17)19-18(22(24)26-4-2)14-27-20(19)16-8-6-5-7-9-16/h5-14H,3-4H2,1-2H3. The first-order valence-electron chi connectivity index (χ1n) is 8.77. The van der Waals surface area contributed by atoms with Crippen LogP contribution < -0.4 is 0 Å². The second-order valence-electron chi connectivity index (χ2n) is 5.74. The first kappa shape index (κ1) is 18.5. The molecule has 1 aromatic heterocycles. The van der Waals surface area contributed by atoms with Gasteiger partial charge in [0.05, 0.1) is 18.8 Å². The second-order valence-corrected chi connectivity index (χ2v) is 5.74. The molecule has 5 nitrogen and oxygen atoms in total. The summed E-state index contributed by atoms with van der Waals surface area (Å²) in [5.41, 5.74) is 3.02. The van der Waals surface area contributed by atoms with Gasteiger partial charge in [-0.1, -0.05) is 42.5 Å². The molecule has 1 heterocycles. The molecule has 2 aromatic carbocycles. The van der Waals surface area contributed by atoms with Crippen molar-refractivity contribution in [3.8, 4) is 22.5 Å². The highest BCUT2D eigenvalue weighted by Crippen LogP contribution is 2.37. The zero-order valence-electron chi connectivity index (χ0n) is 15.2. The van der Waals surface area contributed by atoms with E-state index in [1.165, 1.54) is 6.26 Å². The smallest absolute Gasteiger partial charge is 0.342 e. The van der Waals surface area contributed by atoms with Crippen LogP contribution >= 0.6 is 0 Å². The molecule has 0 saturated heterocycles. The number of rotatable bonds is 6. The normalized spacial score (nSPS) is 10.4. The number of hydrogen-bond donors (Lipinski definition) is 0. The van der Waals surface area contributed by atoms with E-state index in [2.05, 4.69) is 0 Å². The summed E-state index contributed by atoms with van der Waals surface area (Å²) >= 11 is 0. The van der Waals surface area contributed by atoms with Crippen LogP contribution in [0, 0.1) is 0 Å². The fourth-order valence-corrected chi connectivity index (χ4v) is 2.79. The van der Waals surface area contributed by atoms with Crippen LogP contribution in [-0.4, -0.2) is 25.2 Å². The molecule has 138 valence electrons. The third kappa shape index (κ3) is 3.92. The van der Waals surface area contributed by atoms with E-state index in [1.807, 2.05) is 30.3 Å². The van der Waals surface area contributed by atoms with E-state index in [4.69, 9.17) is 13.9 Å². The summed E-state index contributed by atoms with van der Waals surface area (Å²) in [6, 6.07) is 16.4. The maximum atomic E-state index is 12.4. The first-order chi connectivity index (χ1) is 13.2. The van der Waals surface area contributed by atoms with Gasteiger partial charge in [0.1, 0.15) is 17.6 Å². The second kappa shape index (κ2) is 8.36. The summed E-state index contributed by atoms with van der Waals surface area (Å²) in [7, 11) is 0. The van der Waals surface area contributed by atoms with E-state index in [-0.39, 0.29) is 12.6 Å². The lowest BCUT2D eigenvalue weighted by Gasteiger charge is -2.08. The van der Waals surface area contributed by atoms with Crippen molar-refractivity contribution in [3.05, 3.63) is 72.0 Å². The lowest BCUT2D eigenvalue weighted by atomic mass is 9.97. The minimum absolute atomic E-state index is 0.270. The van der Waals surface area contributed by atoms with Crippen molar-refractivity contribution >= 4 is 11.9 Å². The number of esters is 2. The van der Waals surface area contributed by atoms with Crippen molar-refractivity contribution in [3.63, 3.8) is 0 Å². The minimum atomic E-state index is -0.451. The molecule has 0 spiro atoms. The number of benzene rings is 2. The van der Waals surface area contributed by atoms with Gasteiger partial charge in [-0.15, -0.1) is 0 Å². The molecule has 0 aliphatic heterocycles. The van der Waals surface area contributed by atoms with Gasteiger partial charge in [0.15, 0.2) is 0 Å². The van der Waals surface area contributed by atoms with Crippen molar-refractivity contribution in [1.82, 2.24) is 0 Å². The van der Waals surface area contributed by atoms with E-state index in [0.29, 0.717) is 29.1 Å². The van der Waals surface area contributed by atoms with Crippen LogP contribution in [0.2, 0.25) is 0 Å². The summed E-state index contributed by atoms with van der Waals surface area (Å²) in [6.45, 7) is 4.10. The molecule has 27 heavy (non-hydrogen) atoms. The summed E-state index contributed by atoms with van der Waals surface area (Å²) in [4.78, 5) is 24.3. The topological polar surface area (TPSA) is 65.7 Å². The van der Waals surface area contributed by atoms with E-state index in [0.717, 1.165) is 11.1 Å². The highest BCUT2D eigenvalue weighted by Gasteiger charge is 2.23. The molecule has 0 atom stereocenters. The summed E-state index contributed by atoms with van der Waals surface area (Å²) < 4.78 is 15.9. The molecule has 0 fully saturated rings. The number of carbonyl (C=O) groups is 2. The minimum Gasteiger partial charge on any atom is -0.463 e. The van der Waals surface area contributed by atoms with E-state index >= 15 is 0 Å². The molecular formula is C22H20O5. The van der Waals surface area contributed by atoms with Gasteiger partial charge in [0, 0.05) is 11.1 Å². The van der Waals surface area contributed by atoms with Crippen LogP contribution in [0.15, 0.2) is 65.3 Å². The van der Waals surface area contributed by atoms with Gasteiger partial charge in [0.2, 0.25) is 0 Å². The maximum Gasteiger partial charge on any atom is 0.342 e. The summed E-state index contributed by atoms with van der Waals surface area (Å²) in [6.07, 6.45) is 1.41. The third-order valence-corrected chi connectivity index (χ3v) is 4.01.